The normalized spacial score (nSPS) is 21.2. The van der Waals surface area contributed by atoms with Gasteiger partial charge in [0, 0.05) is 50.2 Å². The van der Waals surface area contributed by atoms with Crippen LogP contribution in [0.15, 0.2) is 42.0 Å². The molecule has 0 radical (unpaired) electrons. The number of hydrogen-bond donors (Lipinski definition) is 2. The number of carboxylic acids is 2. The maximum absolute atomic E-state index is 14.8. The SMILES string of the molecule is FC1(F)CCN(Cc2cccs2)CC12CCN(c1cccnc1)C2.O=C(O)C(F)(F)F.O=C(O)C(F)(F)F. The van der Waals surface area contributed by atoms with Gasteiger partial charge in [-0.2, -0.15) is 26.3 Å². The average molecular weight is 577 g/mol. The minimum absolute atomic E-state index is 0.0424. The van der Waals surface area contributed by atoms with Crippen molar-refractivity contribution in [3.05, 3.63) is 46.9 Å². The van der Waals surface area contributed by atoms with E-state index in [1.807, 2.05) is 23.6 Å². The number of pyridine rings is 1. The first-order valence-electron chi connectivity index (χ1n) is 10.8. The molecule has 0 amide bonds. The Balaban J connectivity index is 0.000000301. The van der Waals surface area contributed by atoms with E-state index in [0.29, 0.717) is 32.6 Å². The van der Waals surface area contributed by atoms with Crippen molar-refractivity contribution in [3.63, 3.8) is 0 Å². The number of aliphatic carboxylic acids is 2. The minimum Gasteiger partial charge on any atom is -0.475 e. The molecule has 2 fully saturated rings. The molecule has 7 nitrogen and oxygen atoms in total. The van der Waals surface area contributed by atoms with E-state index in [1.165, 1.54) is 4.88 Å². The number of piperidine rings is 1. The van der Waals surface area contributed by atoms with Crippen LogP contribution in [0.25, 0.3) is 0 Å². The molecule has 2 saturated heterocycles. The van der Waals surface area contributed by atoms with Gasteiger partial charge in [-0.15, -0.1) is 11.3 Å². The molecule has 2 aromatic heterocycles. The summed E-state index contributed by atoms with van der Waals surface area (Å²) in [5, 5.41) is 16.3. The number of thiophene rings is 1. The molecule has 0 aliphatic carbocycles. The van der Waals surface area contributed by atoms with Crippen LogP contribution in [0.5, 0.6) is 0 Å². The fraction of sp³-hybridized carbons (Fsp3) is 0.500. The van der Waals surface area contributed by atoms with Crippen molar-refractivity contribution < 1.29 is 54.9 Å². The van der Waals surface area contributed by atoms with Gasteiger partial charge in [0.1, 0.15) is 0 Å². The summed E-state index contributed by atoms with van der Waals surface area (Å²) in [5.41, 5.74) is -0.00112. The fourth-order valence-corrected chi connectivity index (χ4v) is 4.75. The van der Waals surface area contributed by atoms with Crippen molar-refractivity contribution in [1.29, 1.82) is 0 Å². The lowest BCUT2D eigenvalue weighted by Crippen LogP contribution is -2.56. The van der Waals surface area contributed by atoms with Crippen LogP contribution in [0.4, 0.5) is 40.8 Å². The second-order valence-corrected chi connectivity index (χ2v) is 9.55. The Morgan fingerprint density at radius 3 is 2.03 bits per heavy atom. The maximum Gasteiger partial charge on any atom is 0.490 e. The van der Waals surface area contributed by atoms with Crippen molar-refractivity contribution in [3.8, 4) is 0 Å². The molecule has 212 valence electrons. The number of carboxylic acid groups (broad SMARTS) is 2. The van der Waals surface area contributed by atoms with Crippen LogP contribution in [0.2, 0.25) is 0 Å². The monoisotopic (exact) mass is 577 g/mol. The Hall–Kier alpha value is -3.01. The van der Waals surface area contributed by atoms with Crippen LogP contribution in [0, 0.1) is 5.41 Å². The Morgan fingerprint density at radius 2 is 1.55 bits per heavy atom. The summed E-state index contributed by atoms with van der Waals surface area (Å²) in [4.78, 5) is 27.4. The Bertz CT molecular complexity index is 1030. The van der Waals surface area contributed by atoms with E-state index in [2.05, 4.69) is 20.9 Å². The molecule has 2 N–H and O–H groups in total. The molecule has 1 unspecified atom stereocenters. The topological polar surface area (TPSA) is 94.0 Å². The van der Waals surface area contributed by atoms with Crippen LogP contribution in [-0.4, -0.2) is 76.5 Å². The van der Waals surface area contributed by atoms with Gasteiger partial charge in [0.25, 0.3) is 5.92 Å². The van der Waals surface area contributed by atoms with E-state index in [9.17, 15) is 35.1 Å². The van der Waals surface area contributed by atoms with Gasteiger partial charge in [-0.1, -0.05) is 6.07 Å². The van der Waals surface area contributed by atoms with Gasteiger partial charge in [0.15, 0.2) is 0 Å². The van der Waals surface area contributed by atoms with Crippen LogP contribution in [-0.2, 0) is 16.1 Å². The van der Waals surface area contributed by atoms with E-state index in [1.54, 1.807) is 23.7 Å². The highest BCUT2D eigenvalue weighted by molar-refractivity contribution is 7.09. The third kappa shape index (κ3) is 8.51. The average Bonchev–Trinajstić information content (AvgIpc) is 3.48. The van der Waals surface area contributed by atoms with Crippen molar-refractivity contribution >= 4 is 29.0 Å². The summed E-state index contributed by atoms with van der Waals surface area (Å²) in [6.45, 7) is 2.80. The number of likely N-dealkylation sites (tertiary alicyclic amines) is 1. The highest BCUT2D eigenvalue weighted by Gasteiger charge is 2.59. The predicted molar refractivity (Wildman–Crippen MR) is 120 cm³/mol. The standard InChI is InChI=1S/C18H21F2N3S.2C2HF3O2/c19-18(20)6-8-22(12-16-4-2-10-24-16)13-17(18)5-9-23(14-17)15-3-1-7-21-11-15;2*3-2(4,5)1(6)7/h1-4,7,10-11H,5-6,8-9,12-14H2;2*(H,6,7). The molecule has 16 heteroatoms. The van der Waals surface area contributed by atoms with Gasteiger partial charge in [0.05, 0.1) is 17.3 Å². The lowest BCUT2D eigenvalue weighted by molar-refractivity contribution is -0.193. The second kappa shape index (κ2) is 12.2. The van der Waals surface area contributed by atoms with Gasteiger partial charge in [-0.25, -0.2) is 18.4 Å². The first-order valence-corrected chi connectivity index (χ1v) is 11.7. The molecule has 2 aliphatic rings. The Kier molecular flexibility index (Phi) is 10.0. The number of rotatable bonds is 3. The number of halogens is 8. The summed E-state index contributed by atoms with van der Waals surface area (Å²) < 4.78 is 93.2. The number of aromatic nitrogens is 1. The van der Waals surface area contributed by atoms with Crippen molar-refractivity contribution in [2.75, 3.05) is 31.1 Å². The summed E-state index contributed by atoms with van der Waals surface area (Å²) in [7, 11) is 0. The third-order valence-electron chi connectivity index (χ3n) is 5.85. The van der Waals surface area contributed by atoms with E-state index in [-0.39, 0.29) is 6.42 Å². The van der Waals surface area contributed by atoms with Crippen LogP contribution >= 0.6 is 11.3 Å². The lowest BCUT2D eigenvalue weighted by Gasteiger charge is -2.46. The molecule has 0 bridgehead atoms. The number of carbonyl (C=O) groups is 2. The first-order chi connectivity index (χ1) is 17.5. The molecule has 2 aromatic rings. The molecular formula is C22H23F8N3O4S. The highest BCUT2D eigenvalue weighted by atomic mass is 32.1. The molecule has 0 aromatic carbocycles. The molecule has 38 heavy (non-hydrogen) atoms. The molecule has 4 heterocycles. The summed E-state index contributed by atoms with van der Waals surface area (Å²) in [6, 6.07) is 7.92. The highest BCUT2D eigenvalue weighted by Crippen LogP contribution is 2.50. The van der Waals surface area contributed by atoms with Gasteiger partial charge in [-0.05, 0) is 30.0 Å². The summed E-state index contributed by atoms with van der Waals surface area (Å²) in [6.07, 6.45) is -6.19. The maximum atomic E-state index is 14.8. The molecular weight excluding hydrogens is 554 g/mol. The number of anilines is 1. The second-order valence-electron chi connectivity index (χ2n) is 8.51. The van der Waals surface area contributed by atoms with Crippen molar-refractivity contribution in [2.24, 2.45) is 5.41 Å². The van der Waals surface area contributed by atoms with E-state index < -0.39 is 35.6 Å². The van der Waals surface area contributed by atoms with Crippen molar-refractivity contribution in [1.82, 2.24) is 9.88 Å². The van der Waals surface area contributed by atoms with E-state index in [0.717, 1.165) is 12.2 Å². The molecule has 1 spiro atoms. The number of alkyl halides is 8. The zero-order chi connectivity index (χ0) is 28.8. The van der Waals surface area contributed by atoms with Gasteiger partial charge >= 0.3 is 24.3 Å². The van der Waals surface area contributed by atoms with Crippen molar-refractivity contribution in [2.45, 2.75) is 37.7 Å². The predicted octanol–water partition coefficient (Wildman–Crippen LogP) is 5.15. The van der Waals surface area contributed by atoms with E-state index in [4.69, 9.17) is 19.8 Å². The fourth-order valence-electron chi connectivity index (χ4n) is 4.01. The lowest BCUT2D eigenvalue weighted by atomic mass is 9.75. The van der Waals surface area contributed by atoms with Gasteiger partial charge in [0.2, 0.25) is 0 Å². The van der Waals surface area contributed by atoms with Crippen LogP contribution < -0.4 is 4.90 Å². The smallest absolute Gasteiger partial charge is 0.475 e. The number of nitrogens with zero attached hydrogens (tertiary/aromatic N) is 3. The first kappa shape index (κ1) is 31.2. The van der Waals surface area contributed by atoms with E-state index >= 15 is 0 Å². The van der Waals surface area contributed by atoms with Crippen LogP contribution in [0.1, 0.15) is 17.7 Å². The Morgan fingerprint density at radius 1 is 0.947 bits per heavy atom. The third-order valence-corrected chi connectivity index (χ3v) is 6.71. The van der Waals surface area contributed by atoms with Gasteiger partial charge < -0.3 is 15.1 Å². The zero-order valence-electron chi connectivity index (χ0n) is 19.5. The summed E-state index contributed by atoms with van der Waals surface area (Å²) in [5.74, 6) is -8.12. The zero-order valence-corrected chi connectivity index (χ0v) is 20.3. The van der Waals surface area contributed by atoms with Crippen LogP contribution in [0.3, 0.4) is 0 Å². The summed E-state index contributed by atoms with van der Waals surface area (Å²) >= 11 is 1.70. The molecule has 2 aliphatic heterocycles. The largest absolute Gasteiger partial charge is 0.490 e. The molecule has 1 atom stereocenters. The number of hydrogen-bond acceptors (Lipinski definition) is 6. The molecule has 4 rings (SSSR count). The minimum atomic E-state index is -5.08. The Labute approximate surface area is 215 Å². The quantitative estimate of drug-likeness (QED) is 0.488. The molecule has 0 saturated carbocycles. The van der Waals surface area contributed by atoms with Gasteiger partial charge in [-0.3, -0.25) is 9.88 Å².